The molecule has 152 valence electrons. The molecule has 0 fully saturated rings. The molecule has 0 saturated carbocycles. The third kappa shape index (κ3) is 4.16. The summed E-state index contributed by atoms with van der Waals surface area (Å²) in [6, 6.07) is 22.2. The monoisotopic (exact) mass is 421 g/mol. The van der Waals surface area contributed by atoms with Gasteiger partial charge in [0.15, 0.2) is 11.0 Å². The molecule has 4 rings (SSSR count). The normalized spacial score (nSPS) is 10.8. The van der Waals surface area contributed by atoms with E-state index in [1.165, 1.54) is 17.8 Å². The Morgan fingerprint density at radius 3 is 2.20 bits per heavy atom. The lowest BCUT2D eigenvalue weighted by molar-refractivity contribution is 0.394. The number of hydrogen-bond acceptors (Lipinski definition) is 5. The third-order valence-corrected chi connectivity index (χ3v) is 5.55. The zero-order valence-corrected chi connectivity index (χ0v) is 17.4. The Kier molecular flexibility index (Phi) is 5.99. The molecule has 0 saturated heterocycles. The highest BCUT2D eigenvalue weighted by Crippen LogP contribution is 2.33. The first-order valence-electron chi connectivity index (χ1n) is 9.30. The van der Waals surface area contributed by atoms with E-state index < -0.39 is 0 Å². The SMILES string of the molecule is COc1cc(OC)cc(-c2nnc(SCc3ccccc3F)n2-c2ccccc2)c1. The highest BCUT2D eigenvalue weighted by atomic mass is 32.2. The van der Waals surface area contributed by atoms with E-state index in [1.807, 2.05) is 53.1 Å². The zero-order chi connectivity index (χ0) is 20.9. The van der Waals surface area contributed by atoms with Crippen molar-refractivity contribution in [2.45, 2.75) is 10.9 Å². The Morgan fingerprint density at radius 1 is 0.867 bits per heavy atom. The molecule has 7 heteroatoms. The lowest BCUT2D eigenvalue weighted by Crippen LogP contribution is -2.00. The number of thioether (sulfide) groups is 1. The van der Waals surface area contributed by atoms with E-state index in [9.17, 15) is 4.39 Å². The maximum absolute atomic E-state index is 14.1. The van der Waals surface area contributed by atoms with Gasteiger partial charge in [0.05, 0.1) is 14.2 Å². The number of ether oxygens (including phenoxy) is 2. The summed E-state index contributed by atoms with van der Waals surface area (Å²) in [5, 5.41) is 9.50. The average Bonchev–Trinajstić information content (AvgIpc) is 3.22. The van der Waals surface area contributed by atoms with E-state index in [0.717, 1.165) is 11.3 Å². The van der Waals surface area contributed by atoms with Crippen molar-refractivity contribution in [1.82, 2.24) is 14.8 Å². The molecule has 0 aliphatic rings. The van der Waals surface area contributed by atoms with Gasteiger partial charge in [-0.25, -0.2) is 4.39 Å². The van der Waals surface area contributed by atoms with Gasteiger partial charge < -0.3 is 9.47 Å². The molecule has 0 N–H and O–H groups in total. The largest absolute Gasteiger partial charge is 0.497 e. The van der Waals surface area contributed by atoms with Gasteiger partial charge in [-0.15, -0.1) is 10.2 Å². The fourth-order valence-corrected chi connectivity index (χ4v) is 3.99. The summed E-state index contributed by atoms with van der Waals surface area (Å²) in [5.41, 5.74) is 2.34. The number of nitrogens with zero attached hydrogens (tertiary/aromatic N) is 3. The van der Waals surface area contributed by atoms with Crippen LogP contribution in [0.2, 0.25) is 0 Å². The van der Waals surface area contributed by atoms with Crippen LogP contribution in [0.3, 0.4) is 0 Å². The molecule has 4 aromatic rings. The van der Waals surface area contributed by atoms with E-state index in [1.54, 1.807) is 32.4 Å². The molecule has 0 aliphatic heterocycles. The van der Waals surface area contributed by atoms with Crippen LogP contribution in [0.25, 0.3) is 17.1 Å². The van der Waals surface area contributed by atoms with Gasteiger partial charge in [-0.3, -0.25) is 4.57 Å². The minimum atomic E-state index is -0.228. The molecule has 1 aromatic heterocycles. The smallest absolute Gasteiger partial charge is 0.196 e. The summed E-state index contributed by atoms with van der Waals surface area (Å²) in [4.78, 5) is 0. The molecule has 0 spiro atoms. The van der Waals surface area contributed by atoms with Crippen molar-refractivity contribution >= 4 is 11.8 Å². The summed E-state index contributed by atoms with van der Waals surface area (Å²) in [6.45, 7) is 0. The molecule has 0 unspecified atom stereocenters. The number of hydrogen-bond donors (Lipinski definition) is 0. The molecule has 1 heterocycles. The van der Waals surface area contributed by atoms with Gasteiger partial charge in [0.25, 0.3) is 0 Å². The van der Waals surface area contributed by atoms with Crippen LogP contribution in [0.5, 0.6) is 11.5 Å². The molecule has 30 heavy (non-hydrogen) atoms. The van der Waals surface area contributed by atoms with Crippen LogP contribution in [0, 0.1) is 5.82 Å². The first-order valence-corrected chi connectivity index (χ1v) is 10.3. The van der Waals surface area contributed by atoms with Crippen molar-refractivity contribution in [3.8, 4) is 28.6 Å². The van der Waals surface area contributed by atoms with Gasteiger partial charge in [0.2, 0.25) is 0 Å². The van der Waals surface area contributed by atoms with Crippen molar-refractivity contribution in [3.63, 3.8) is 0 Å². The fraction of sp³-hybridized carbons (Fsp3) is 0.130. The van der Waals surface area contributed by atoms with Crippen LogP contribution < -0.4 is 9.47 Å². The van der Waals surface area contributed by atoms with Crippen LogP contribution >= 0.6 is 11.8 Å². The van der Waals surface area contributed by atoms with Gasteiger partial charge in [-0.2, -0.15) is 0 Å². The van der Waals surface area contributed by atoms with Crippen LogP contribution in [-0.2, 0) is 5.75 Å². The van der Waals surface area contributed by atoms with Crippen LogP contribution in [0.15, 0.2) is 78.0 Å². The second-order valence-electron chi connectivity index (χ2n) is 6.46. The maximum atomic E-state index is 14.1. The van der Waals surface area contributed by atoms with Gasteiger partial charge in [-0.1, -0.05) is 48.2 Å². The van der Waals surface area contributed by atoms with Crippen LogP contribution in [0.4, 0.5) is 4.39 Å². The molecule has 0 amide bonds. The summed E-state index contributed by atoms with van der Waals surface area (Å²) in [5.74, 6) is 2.18. The summed E-state index contributed by atoms with van der Waals surface area (Å²) in [6.07, 6.45) is 0. The van der Waals surface area contributed by atoms with Crippen LogP contribution in [0.1, 0.15) is 5.56 Å². The van der Waals surface area contributed by atoms with Gasteiger partial charge >= 0.3 is 0 Å². The van der Waals surface area contributed by atoms with Crippen molar-refractivity contribution < 1.29 is 13.9 Å². The lowest BCUT2D eigenvalue weighted by atomic mass is 10.2. The summed E-state index contributed by atoms with van der Waals surface area (Å²) < 4.78 is 26.8. The maximum Gasteiger partial charge on any atom is 0.196 e. The minimum Gasteiger partial charge on any atom is -0.497 e. The fourth-order valence-electron chi connectivity index (χ4n) is 3.05. The predicted molar refractivity (Wildman–Crippen MR) is 116 cm³/mol. The van der Waals surface area contributed by atoms with Gasteiger partial charge in [0.1, 0.15) is 17.3 Å². The minimum absolute atomic E-state index is 0.228. The Morgan fingerprint density at radius 2 is 1.53 bits per heavy atom. The third-order valence-electron chi connectivity index (χ3n) is 4.57. The molecular formula is C23H20FN3O2S. The Labute approximate surface area is 178 Å². The first-order chi connectivity index (χ1) is 14.7. The number of methoxy groups -OCH3 is 2. The van der Waals surface area contributed by atoms with Gasteiger partial charge in [0, 0.05) is 23.1 Å². The Bertz CT molecular complexity index is 1130. The summed E-state index contributed by atoms with van der Waals surface area (Å²) >= 11 is 1.43. The number of para-hydroxylation sites is 1. The van der Waals surface area contributed by atoms with Crippen LogP contribution in [-0.4, -0.2) is 29.0 Å². The van der Waals surface area contributed by atoms with E-state index >= 15 is 0 Å². The van der Waals surface area contributed by atoms with Crippen molar-refractivity contribution in [3.05, 3.63) is 84.2 Å². The van der Waals surface area contributed by atoms with Crippen molar-refractivity contribution in [1.29, 1.82) is 0 Å². The summed E-state index contributed by atoms with van der Waals surface area (Å²) in [7, 11) is 3.21. The average molecular weight is 421 g/mol. The van der Waals surface area contributed by atoms with E-state index in [0.29, 0.717) is 33.8 Å². The van der Waals surface area contributed by atoms with E-state index in [-0.39, 0.29) is 5.82 Å². The predicted octanol–water partition coefficient (Wildman–Crippen LogP) is 5.38. The molecule has 5 nitrogen and oxygen atoms in total. The quantitative estimate of drug-likeness (QED) is 0.375. The lowest BCUT2D eigenvalue weighted by Gasteiger charge is -2.12. The molecule has 0 radical (unpaired) electrons. The number of benzene rings is 3. The highest BCUT2D eigenvalue weighted by molar-refractivity contribution is 7.98. The zero-order valence-electron chi connectivity index (χ0n) is 16.6. The second kappa shape index (κ2) is 9.00. The number of rotatable bonds is 7. The number of aromatic nitrogens is 3. The van der Waals surface area contributed by atoms with E-state index in [2.05, 4.69) is 10.2 Å². The standard InChI is InChI=1S/C23H20FN3O2S/c1-28-19-12-17(13-20(14-19)29-2)22-25-26-23(27(22)18-9-4-3-5-10-18)30-15-16-8-6-7-11-21(16)24/h3-14H,15H2,1-2H3. The van der Waals surface area contributed by atoms with Crippen molar-refractivity contribution in [2.75, 3.05) is 14.2 Å². The Balaban J connectivity index is 1.78. The first kappa shape index (κ1) is 20.0. The van der Waals surface area contributed by atoms with Crippen molar-refractivity contribution in [2.24, 2.45) is 0 Å². The molecule has 0 bridgehead atoms. The molecule has 0 aliphatic carbocycles. The van der Waals surface area contributed by atoms with Gasteiger partial charge in [-0.05, 0) is 35.9 Å². The molecule has 0 atom stereocenters. The molecule has 3 aromatic carbocycles. The molecular weight excluding hydrogens is 401 g/mol. The highest BCUT2D eigenvalue weighted by Gasteiger charge is 2.18. The number of halogens is 1. The van der Waals surface area contributed by atoms with E-state index in [4.69, 9.17) is 9.47 Å². The topological polar surface area (TPSA) is 49.2 Å². The second-order valence-corrected chi connectivity index (χ2v) is 7.40. The Hall–Kier alpha value is -3.32.